The number of anilines is 2. The van der Waals surface area contributed by atoms with Gasteiger partial charge in [0.1, 0.15) is 23.1 Å². The molecule has 14 nitrogen and oxygen atoms in total. The molecule has 1 aliphatic heterocycles. The highest BCUT2D eigenvalue weighted by molar-refractivity contribution is 6.31. The van der Waals surface area contributed by atoms with Gasteiger partial charge in [0, 0.05) is 66.9 Å². The zero-order valence-corrected chi connectivity index (χ0v) is 30.5. The van der Waals surface area contributed by atoms with Crippen molar-refractivity contribution in [3.63, 3.8) is 0 Å². The Morgan fingerprint density at radius 1 is 1.15 bits per heavy atom. The first kappa shape index (κ1) is 38.1. The number of aryl methyl sites for hydroxylation is 1. The van der Waals surface area contributed by atoms with Gasteiger partial charge in [-0.2, -0.15) is 0 Å². The van der Waals surface area contributed by atoms with Gasteiger partial charge in [-0.15, -0.1) is 0 Å². The highest BCUT2D eigenvalue weighted by Gasteiger charge is 2.29. The standard InChI is InChI=1S/C36H44ClFN10O4/c1-22-17-23(19-25(38)18-22)27-21-42-33(41-11-10-40-30(49)9-15-51-16-12-43-47-39)31(34-45-28-6-5-24(37)20-29(28)46-34)32(27)48-13-7-26(8-14-48)44-35(50)52-36(2,3)4/h5-6,17-21,26H,7-16H2,1-4H3,(H,40,49)(H,41,42)(H,44,50)(H,45,46). The van der Waals surface area contributed by atoms with Crippen LogP contribution < -0.4 is 20.9 Å². The summed E-state index contributed by atoms with van der Waals surface area (Å²) in [5, 5.41) is 13.2. The van der Waals surface area contributed by atoms with Gasteiger partial charge < -0.3 is 35.3 Å². The third kappa shape index (κ3) is 10.5. The Hall–Kier alpha value is -5.11. The van der Waals surface area contributed by atoms with Gasteiger partial charge in [0.15, 0.2) is 0 Å². The summed E-state index contributed by atoms with van der Waals surface area (Å²) in [7, 11) is 0. The van der Waals surface area contributed by atoms with Crippen LogP contribution in [-0.2, 0) is 14.3 Å². The number of H-pyrrole nitrogens is 1. The molecule has 5 rings (SSSR count). The van der Waals surface area contributed by atoms with Gasteiger partial charge in [0.2, 0.25) is 5.91 Å². The number of piperidine rings is 1. The fourth-order valence-electron chi connectivity index (χ4n) is 6.00. The molecule has 0 unspecified atom stereocenters. The summed E-state index contributed by atoms with van der Waals surface area (Å²) in [6, 6.07) is 10.2. The van der Waals surface area contributed by atoms with E-state index in [4.69, 9.17) is 36.6 Å². The minimum Gasteiger partial charge on any atom is -0.444 e. The summed E-state index contributed by atoms with van der Waals surface area (Å²) in [5.74, 6) is 0.503. The first-order valence-corrected chi connectivity index (χ1v) is 17.6. The Balaban J connectivity index is 1.46. The van der Waals surface area contributed by atoms with E-state index in [1.807, 2.05) is 39.8 Å². The van der Waals surface area contributed by atoms with Crippen molar-refractivity contribution in [1.82, 2.24) is 25.6 Å². The Bertz CT molecular complexity index is 1910. The van der Waals surface area contributed by atoms with Gasteiger partial charge >= 0.3 is 6.09 Å². The maximum Gasteiger partial charge on any atom is 0.407 e. The van der Waals surface area contributed by atoms with Crippen molar-refractivity contribution in [2.75, 3.05) is 56.2 Å². The molecule has 0 radical (unpaired) electrons. The van der Waals surface area contributed by atoms with Crippen LogP contribution in [0.15, 0.2) is 47.7 Å². The molecular weight excluding hydrogens is 691 g/mol. The van der Waals surface area contributed by atoms with Gasteiger partial charge in [-0.25, -0.2) is 19.2 Å². The topological polar surface area (TPSA) is 182 Å². The predicted octanol–water partition coefficient (Wildman–Crippen LogP) is 7.13. The van der Waals surface area contributed by atoms with Crippen LogP contribution in [0.5, 0.6) is 0 Å². The third-order valence-corrected chi connectivity index (χ3v) is 8.46. The number of pyridine rings is 1. The molecular formula is C36H44ClFN10O4. The first-order valence-electron chi connectivity index (χ1n) is 17.2. The monoisotopic (exact) mass is 734 g/mol. The molecule has 1 fully saturated rings. The minimum atomic E-state index is -0.610. The van der Waals surface area contributed by atoms with Crippen LogP contribution in [0.25, 0.3) is 44.0 Å². The summed E-state index contributed by atoms with van der Waals surface area (Å²) in [6.07, 6.45) is 2.71. The Labute approximate surface area is 306 Å². The third-order valence-electron chi connectivity index (χ3n) is 8.23. The molecule has 0 aliphatic carbocycles. The number of nitrogens with zero attached hydrogens (tertiary/aromatic N) is 6. The summed E-state index contributed by atoms with van der Waals surface area (Å²) in [5.41, 5.74) is 12.8. The van der Waals surface area contributed by atoms with Crippen LogP contribution in [0.1, 0.15) is 45.6 Å². The quantitative estimate of drug-likeness (QED) is 0.0457. The number of fused-ring (bicyclic) bond motifs is 1. The lowest BCUT2D eigenvalue weighted by atomic mass is 9.96. The van der Waals surface area contributed by atoms with E-state index in [2.05, 4.69) is 35.9 Å². The Morgan fingerprint density at radius 3 is 2.67 bits per heavy atom. The smallest absolute Gasteiger partial charge is 0.407 e. The highest BCUT2D eigenvalue weighted by Crippen LogP contribution is 2.44. The summed E-state index contributed by atoms with van der Waals surface area (Å²) in [6.45, 7) is 9.78. The molecule has 0 bridgehead atoms. The number of alkyl carbamates (subject to hydrolysis) is 1. The molecule has 16 heteroatoms. The molecule has 4 aromatic rings. The first-order chi connectivity index (χ1) is 24.9. The Morgan fingerprint density at radius 2 is 1.94 bits per heavy atom. The second-order valence-electron chi connectivity index (χ2n) is 13.5. The average molecular weight is 735 g/mol. The lowest BCUT2D eigenvalue weighted by molar-refractivity contribution is -0.122. The van der Waals surface area contributed by atoms with Crippen LogP contribution in [0.4, 0.5) is 20.7 Å². The van der Waals surface area contributed by atoms with E-state index in [1.54, 1.807) is 18.3 Å². The number of halogens is 2. The van der Waals surface area contributed by atoms with Gasteiger partial charge in [0.25, 0.3) is 0 Å². The molecule has 52 heavy (non-hydrogen) atoms. The molecule has 2 amide bonds. The Kier molecular flexibility index (Phi) is 12.8. The number of ether oxygens (including phenoxy) is 2. The van der Waals surface area contributed by atoms with Crippen molar-refractivity contribution < 1.29 is 23.5 Å². The van der Waals surface area contributed by atoms with E-state index in [9.17, 15) is 14.0 Å². The lowest BCUT2D eigenvalue weighted by Crippen LogP contribution is -2.46. The number of carbonyl (C=O) groups is 2. The van der Waals surface area contributed by atoms with Crippen molar-refractivity contribution in [2.45, 2.75) is 58.6 Å². The van der Waals surface area contributed by atoms with Crippen LogP contribution in [0, 0.1) is 12.7 Å². The lowest BCUT2D eigenvalue weighted by Gasteiger charge is -2.36. The van der Waals surface area contributed by atoms with Crippen molar-refractivity contribution in [3.05, 3.63) is 69.4 Å². The number of azide groups is 1. The van der Waals surface area contributed by atoms with Crippen molar-refractivity contribution >= 4 is 46.1 Å². The largest absolute Gasteiger partial charge is 0.444 e. The molecule has 1 saturated heterocycles. The zero-order chi connectivity index (χ0) is 37.3. The van der Waals surface area contributed by atoms with Crippen LogP contribution in [0.3, 0.4) is 0 Å². The van der Waals surface area contributed by atoms with Crippen molar-refractivity contribution in [1.29, 1.82) is 0 Å². The normalized spacial score (nSPS) is 13.5. The van der Waals surface area contributed by atoms with Gasteiger partial charge in [0.05, 0.1) is 35.5 Å². The average Bonchev–Trinajstić information content (AvgIpc) is 3.50. The maximum atomic E-state index is 14.9. The number of aromatic amines is 1. The molecule has 0 spiro atoms. The van der Waals surface area contributed by atoms with Crippen molar-refractivity contribution in [3.8, 4) is 22.5 Å². The molecule has 2 aromatic heterocycles. The van der Waals surface area contributed by atoms with Crippen molar-refractivity contribution in [2.24, 2.45) is 5.11 Å². The molecule has 3 heterocycles. The SMILES string of the molecule is Cc1cc(F)cc(-c2cnc(NCCNC(=O)CCOCCN=[N+]=[N-])c(-c3nc4ccc(Cl)cc4[nH]3)c2N2CCC(NC(=O)OC(C)(C)C)CC2)c1. The number of hydrogen-bond donors (Lipinski definition) is 4. The van der Waals surface area contributed by atoms with Gasteiger partial charge in [-0.05, 0) is 87.5 Å². The predicted molar refractivity (Wildman–Crippen MR) is 200 cm³/mol. The molecule has 0 atom stereocenters. The molecule has 1 aliphatic rings. The van der Waals surface area contributed by atoms with E-state index >= 15 is 0 Å². The number of benzene rings is 2. The van der Waals surface area contributed by atoms with Crippen LogP contribution in [0.2, 0.25) is 5.02 Å². The number of hydrogen-bond acceptors (Lipinski definition) is 9. The van der Waals surface area contributed by atoms with E-state index < -0.39 is 11.7 Å². The van der Waals surface area contributed by atoms with E-state index in [0.717, 1.165) is 16.8 Å². The summed E-state index contributed by atoms with van der Waals surface area (Å²) < 4.78 is 25.7. The number of aromatic nitrogens is 3. The number of imidazole rings is 1. The van der Waals surface area contributed by atoms with Gasteiger partial charge in [-0.3, -0.25) is 4.79 Å². The summed E-state index contributed by atoms with van der Waals surface area (Å²) in [4.78, 5) is 43.1. The minimum absolute atomic E-state index is 0.0951. The maximum absolute atomic E-state index is 14.9. The highest BCUT2D eigenvalue weighted by atomic mass is 35.5. The van der Waals surface area contributed by atoms with E-state index in [-0.39, 0.29) is 43.9 Å². The number of amides is 2. The van der Waals surface area contributed by atoms with Crippen LogP contribution >= 0.6 is 11.6 Å². The second kappa shape index (κ2) is 17.4. The number of carbonyl (C=O) groups excluding carboxylic acids is 2. The summed E-state index contributed by atoms with van der Waals surface area (Å²) >= 11 is 6.33. The molecule has 0 saturated carbocycles. The zero-order valence-electron chi connectivity index (χ0n) is 29.8. The molecule has 2 aromatic carbocycles. The molecule has 4 N–H and O–H groups in total. The second-order valence-corrected chi connectivity index (χ2v) is 13.9. The van der Waals surface area contributed by atoms with E-state index in [1.165, 1.54) is 12.1 Å². The molecule has 276 valence electrons. The fraction of sp³-hybridized carbons (Fsp3) is 0.444. The van der Waals surface area contributed by atoms with E-state index in [0.29, 0.717) is 77.9 Å². The number of nitrogens with one attached hydrogen (secondary N) is 4. The number of rotatable bonds is 14. The van der Waals surface area contributed by atoms with Gasteiger partial charge in [-0.1, -0.05) is 22.8 Å². The fourth-order valence-corrected chi connectivity index (χ4v) is 6.17. The van der Waals surface area contributed by atoms with Crippen LogP contribution in [-0.4, -0.2) is 84.5 Å².